The number of ether oxygens (including phenoxy) is 1. The molecule has 0 spiro atoms. The van der Waals surface area contributed by atoms with Crippen molar-refractivity contribution in [1.29, 1.82) is 0 Å². The van der Waals surface area contributed by atoms with Gasteiger partial charge >= 0.3 is 0 Å². The first-order chi connectivity index (χ1) is 12.4. The van der Waals surface area contributed by atoms with E-state index in [0.29, 0.717) is 0 Å². The van der Waals surface area contributed by atoms with Crippen LogP contribution in [0.15, 0.2) is 53.5 Å². The van der Waals surface area contributed by atoms with Crippen molar-refractivity contribution in [3.05, 3.63) is 48.5 Å². The number of nitrogens with two attached hydrogens (primary N) is 1. The zero-order valence-electron chi connectivity index (χ0n) is 15.3. The lowest BCUT2D eigenvalue weighted by molar-refractivity contribution is 0.127. The quantitative estimate of drug-likeness (QED) is 0.255. The van der Waals surface area contributed by atoms with E-state index in [9.17, 15) is 5.11 Å². The number of nitrogens with one attached hydrogen (secondary N) is 1. The summed E-state index contributed by atoms with van der Waals surface area (Å²) in [6, 6.07) is -0.404. The molecule has 1 heterocycles. The molecule has 144 valence electrons. The maximum Gasteiger partial charge on any atom is 0.282 e. The van der Waals surface area contributed by atoms with Gasteiger partial charge in [-0.05, 0) is 31.4 Å². The molecule has 7 nitrogen and oxygen atoms in total. The predicted octanol–water partition coefficient (Wildman–Crippen LogP) is 1.11. The van der Waals surface area contributed by atoms with Crippen molar-refractivity contribution < 1.29 is 9.84 Å². The minimum atomic E-state index is -0.886. The molecular formula is C18H28BrN5O2. The van der Waals surface area contributed by atoms with Crippen LogP contribution < -0.4 is 11.1 Å². The Bertz CT molecular complexity index is 609. The summed E-state index contributed by atoms with van der Waals surface area (Å²) in [6.07, 6.45) is 9.23. The maximum atomic E-state index is 10.4. The van der Waals surface area contributed by atoms with Crippen molar-refractivity contribution in [1.82, 2.24) is 15.1 Å². The molecule has 0 radical (unpaired) electrons. The Balaban J connectivity index is 2.08. The van der Waals surface area contributed by atoms with Crippen LogP contribution in [0.2, 0.25) is 0 Å². The second-order valence-corrected chi connectivity index (χ2v) is 7.26. The number of rotatable bonds is 6. The summed E-state index contributed by atoms with van der Waals surface area (Å²) in [4.78, 5) is 8.70. The molecule has 4 N–H and O–H groups in total. The highest BCUT2D eigenvalue weighted by Gasteiger charge is 2.19. The summed E-state index contributed by atoms with van der Waals surface area (Å²) in [5, 5.41) is 13.5. The Kier molecular flexibility index (Phi) is 7.59. The predicted molar refractivity (Wildman–Crippen MR) is 109 cm³/mol. The first kappa shape index (κ1) is 20.4. The van der Waals surface area contributed by atoms with Gasteiger partial charge in [-0.15, -0.1) is 0 Å². The van der Waals surface area contributed by atoms with Crippen molar-refractivity contribution >= 4 is 22.0 Å². The first-order valence-corrected chi connectivity index (χ1v) is 9.53. The van der Waals surface area contributed by atoms with Gasteiger partial charge in [-0.2, -0.15) is 0 Å². The lowest BCUT2D eigenvalue weighted by Crippen LogP contribution is -2.43. The van der Waals surface area contributed by atoms with Crippen LogP contribution in [0.3, 0.4) is 0 Å². The standard InChI is InChI=1S/C18H28BrN5O2/c1-4-23-7-9-24(10-8-23)16-6-5-14(19)11-15(12-16)22-17(25)13(2)21-18(20)26-3/h4-6,11-14,17,22,25H,1,7-10H2,2-3H3,(H2,20,21). The summed E-state index contributed by atoms with van der Waals surface area (Å²) in [6.45, 7) is 9.35. The minimum absolute atomic E-state index is 0.0459. The van der Waals surface area contributed by atoms with Crippen LogP contribution in [0.25, 0.3) is 0 Å². The van der Waals surface area contributed by atoms with E-state index in [1.807, 2.05) is 18.4 Å². The highest BCUT2D eigenvalue weighted by atomic mass is 79.9. The second-order valence-electron chi connectivity index (χ2n) is 6.20. The third kappa shape index (κ3) is 5.81. The van der Waals surface area contributed by atoms with E-state index in [0.717, 1.165) is 37.6 Å². The molecule has 3 unspecified atom stereocenters. The van der Waals surface area contributed by atoms with Crippen molar-refractivity contribution in [2.24, 2.45) is 10.7 Å². The van der Waals surface area contributed by atoms with Gasteiger partial charge in [-0.25, -0.2) is 4.99 Å². The number of alkyl halides is 1. The SMILES string of the molecule is C=CN1CCN(C2=CC(NC(O)C(C)N=C(N)OC)=CC(Br)C=C2)CC1. The first-order valence-electron chi connectivity index (χ1n) is 8.62. The summed E-state index contributed by atoms with van der Waals surface area (Å²) in [7, 11) is 1.45. The van der Waals surface area contributed by atoms with E-state index < -0.39 is 12.3 Å². The number of piperazine rings is 1. The molecule has 2 aliphatic rings. The molecule has 3 atom stereocenters. The molecule has 0 saturated carbocycles. The van der Waals surface area contributed by atoms with Gasteiger partial charge in [0.15, 0.2) is 0 Å². The Morgan fingerprint density at radius 1 is 1.50 bits per heavy atom. The van der Waals surface area contributed by atoms with E-state index >= 15 is 0 Å². The molecule has 2 rings (SSSR count). The van der Waals surface area contributed by atoms with Crippen LogP contribution in [0.5, 0.6) is 0 Å². The molecule has 8 heteroatoms. The van der Waals surface area contributed by atoms with Gasteiger partial charge in [-0.1, -0.05) is 28.6 Å². The molecular weight excluding hydrogens is 398 g/mol. The van der Waals surface area contributed by atoms with Crippen LogP contribution in [0, 0.1) is 0 Å². The fraction of sp³-hybridized carbons (Fsp3) is 0.500. The van der Waals surface area contributed by atoms with Gasteiger partial charge < -0.3 is 30.7 Å². The zero-order chi connectivity index (χ0) is 19.1. The number of amidine groups is 1. The van der Waals surface area contributed by atoms with Gasteiger partial charge in [0.2, 0.25) is 0 Å². The third-order valence-electron chi connectivity index (χ3n) is 4.34. The van der Waals surface area contributed by atoms with Crippen molar-refractivity contribution in [3.8, 4) is 0 Å². The Hall–Kier alpha value is -1.93. The molecule has 0 bridgehead atoms. The Morgan fingerprint density at radius 3 is 2.81 bits per heavy atom. The molecule has 0 aromatic rings. The number of aliphatic imine (C=N–C) groups is 1. The Labute approximate surface area is 163 Å². The van der Waals surface area contributed by atoms with E-state index in [-0.39, 0.29) is 10.8 Å². The average molecular weight is 426 g/mol. The van der Waals surface area contributed by atoms with Crippen molar-refractivity contribution in [2.45, 2.75) is 24.0 Å². The highest BCUT2D eigenvalue weighted by Crippen LogP contribution is 2.19. The Morgan fingerprint density at radius 2 is 2.19 bits per heavy atom. The average Bonchev–Trinajstić information content (AvgIpc) is 2.82. The lowest BCUT2D eigenvalue weighted by atomic mass is 10.2. The van der Waals surface area contributed by atoms with Crippen molar-refractivity contribution in [3.63, 3.8) is 0 Å². The maximum absolute atomic E-state index is 10.4. The summed E-state index contributed by atoms with van der Waals surface area (Å²) in [5.41, 5.74) is 7.49. The minimum Gasteiger partial charge on any atom is -0.469 e. The van der Waals surface area contributed by atoms with Gasteiger partial charge in [0.1, 0.15) is 6.23 Å². The van der Waals surface area contributed by atoms with Crippen molar-refractivity contribution in [2.75, 3.05) is 33.3 Å². The number of nitrogens with zero attached hydrogens (tertiary/aromatic N) is 3. The summed E-state index contributed by atoms with van der Waals surface area (Å²) >= 11 is 3.60. The van der Waals surface area contributed by atoms with Gasteiger partial charge in [0.25, 0.3) is 6.02 Å². The number of hydrogen-bond donors (Lipinski definition) is 3. The van der Waals surface area contributed by atoms with Gasteiger partial charge in [0.05, 0.1) is 18.0 Å². The fourth-order valence-electron chi connectivity index (χ4n) is 2.74. The van der Waals surface area contributed by atoms with E-state index in [1.165, 1.54) is 7.11 Å². The molecule has 0 aromatic heterocycles. The lowest BCUT2D eigenvalue weighted by Gasteiger charge is -2.36. The molecule has 26 heavy (non-hydrogen) atoms. The largest absolute Gasteiger partial charge is 0.469 e. The van der Waals surface area contributed by atoms with Crippen LogP contribution in [0.4, 0.5) is 0 Å². The van der Waals surface area contributed by atoms with E-state index in [4.69, 9.17) is 10.5 Å². The summed E-state index contributed by atoms with van der Waals surface area (Å²) in [5.74, 6) is 0. The second kappa shape index (κ2) is 9.68. The smallest absolute Gasteiger partial charge is 0.282 e. The molecule has 1 saturated heterocycles. The number of halogens is 1. The van der Waals surface area contributed by atoms with Crippen LogP contribution in [-0.2, 0) is 4.74 Å². The summed E-state index contributed by atoms with van der Waals surface area (Å²) < 4.78 is 4.84. The number of allylic oxidation sites excluding steroid dienone is 4. The molecule has 1 aliphatic heterocycles. The number of aliphatic hydroxyl groups is 1. The van der Waals surface area contributed by atoms with Crippen LogP contribution in [0.1, 0.15) is 6.92 Å². The number of methoxy groups -OCH3 is 1. The van der Waals surface area contributed by atoms with Crippen LogP contribution in [-0.4, -0.2) is 71.3 Å². The number of aliphatic hydroxyl groups excluding tert-OH is 1. The molecule has 0 amide bonds. The zero-order valence-corrected chi connectivity index (χ0v) is 16.9. The normalized spacial score (nSPS) is 23.5. The fourth-order valence-corrected chi connectivity index (χ4v) is 3.18. The van der Waals surface area contributed by atoms with E-state index in [2.05, 4.69) is 54.8 Å². The monoisotopic (exact) mass is 425 g/mol. The molecule has 1 fully saturated rings. The number of hydrogen-bond acceptors (Lipinski definition) is 6. The third-order valence-corrected chi connectivity index (χ3v) is 4.91. The molecule has 1 aliphatic carbocycles. The van der Waals surface area contributed by atoms with Gasteiger partial charge in [-0.3, -0.25) is 0 Å². The van der Waals surface area contributed by atoms with Crippen LogP contribution >= 0.6 is 15.9 Å². The van der Waals surface area contributed by atoms with Gasteiger partial charge in [0, 0.05) is 37.6 Å². The topological polar surface area (TPSA) is 86.3 Å². The molecule has 0 aromatic carbocycles. The van der Waals surface area contributed by atoms with E-state index in [1.54, 1.807) is 6.92 Å². The highest BCUT2D eigenvalue weighted by molar-refractivity contribution is 9.09.